The zero-order valence-electron chi connectivity index (χ0n) is 11.5. The molecule has 0 saturated heterocycles. The van der Waals surface area contributed by atoms with Crippen LogP contribution in [0.4, 0.5) is 0 Å². The topological polar surface area (TPSA) is 46.2 Å². The second kappa shape index (κ2) is 6.53. The molecule has 1 aliphatic carbocycles. The Kier molecular flexibility index (Phi) is 4.99. The van der Waals surface area contributed by atoms with Gasteiger partial charge in [-0.2, -0.15) is 0 Å². The Labute approximate surface area is 116 Å². The molecule has 0 unspecified atom stereocenters. The maximum absolute atomic E-state index is 12.3. The molecule has 2 rings (SSSR count). The van der Waals surface area contributed by atoms with E-state index in [-0.39, 0.29) is 6.04 Å². The van der Waals surface area contributed by atoms with Gasteiger partial charge in [0.25, 0.3) is 0 Å². The lowest BCUT2D eigenvalue weighted by atomic mass is 9.94. The van der Waals surface area contributed by atoms with Gasteiger partial charge in [-0.15, -0.1) is 0 Å². The van der Waals surface area contributed by atoms with Gasteiger partial charge in [0.2, 0.25) is 10.0 Å². The maximum Gasteiger partial charge on any atom is 0.240 e. The minimum atomic E-state index is -3.37. The van der Waals surface area contributed by atoms with E-state index in [1.807, 2.05) is 13.0 Å². The molecule has 0 aliphatic heterocycles. The minimum Gasteiger partial charge on any atom is -0.208 e. The van der Waals surface area contributed by atoms with Gasteiger partial charge in [0.15, 0.2) is 0 Å². The molecule has 0 bridgehead atoms. The first kappa shape index (κ1) is 14.5. The van der Waals surface area contributed by atoms with Crippen molar-refractivity contribution in [3.8, 4) is 0 Å². The third kappa shape index (κ3) is 4.05. The van der Waals surface area contributed by atoms with Gasteiger partial charge in [-0.25, -0.2) is 13.1 Å². The van der Waals surface area contributed by atoms with Gasteiger partial charge < -0.3 is 0 Å². The highest BCUT2D eigenvalue weighted by Crippen LogP contribution is 2.26. The van der Waals surface area contributed by atoms with Gasteiger partial charge in [-0.05, 0) is 37.8 Å². The van der Waals surface area contributed by atoms with Crippen LogP contribution in [0.25, 0.3) is 0 Å². The zero-order chi connectivity index (χ0) is 13.7. The number of nitrogens with one attached hydrogen (secondary N) is 1. The summed E-state index contributed by atoms with van der Waals surface area (Å²) in [4.78, 5) is 0.357. The second-order valence-corrected chi connectivity index (χ2v) is 7.19. The van der Waals surface area contributed by atoms with Crippen LogP contribution in [0.2, 0.25) is 0 Å². The quantitative estimate of drug-likeness (QED) is 0.861. The van der Waals surface area contributed by atoms with Crippen LogP contribution >= 0.6 is 0 Å². The highest BCUT2D eigenvalue weighted by Gasteiger charge is 2.24. The van der Waals surface area contributed by atoms with Crippen LogP contribution in [-0.4, -0.2) is 14.5 Å². The standard InChI is InChI=1S/C15H23NO2S/c1-13(14-9-5-2-3-6-10-14)16-19(17,18)15-11-7-4-8-12-15/h4,7-8,11-14,16H,2-3,5-6,9-10H2,1H3/t13-/m1/s1. The summed E-state index contributed by atoms with van der Waals surface area (Å²) in [5.74, 6) is 0.473. The number of hydrogen-bond acceptors (Lipinski definition) is 2. The summed E-state index contributed by atoms with van der Waals surface area (Å²) in [5, 5.41) is 0. The Morgan fingerprint density at radius 2 is 1.63 bits per heavy atom. The summed E-state index contributed by atoms with van der Waals surface area (Å²) in [6.45, 7) is 2.00. The molecule has 0 spiro atoms. The molecule has 1 aromatic carbocycles. The first-order valence-corrected chi connectivity index (χ1v) is 8.65. The highest BCUT2D eigenvalue weighted by atomic mass is 32.2. The summed E-state index contributed by atoms with van der Waals surface area (Å²) in [6, 6.07) is 8.64. The molecule has 3 nitrogen and oxygen atoms in total. The highest BCUT2D eigenvalue weighted by molar-refractivity contribution is 7.89. The van der Waals surface area contributed by atoms with Crippen LogP contribution in [-0.2, 0) is 10.0 Å². The Hall–Kier alpha value is -0.870. The SMILES string of the molecule is C[C@@H](NS(=O)(=O)c1ccccc1)C1CCCCCC1. The van der Waals surface area contributed by atoms with E-state index in [1.54, 1.807) is 24.3 Å². The Bertz CT molecular complexity index is 476. The summed E-state index contributed by atoms with van der Waals surface area (Å²) >= 11 is 0. The van der Waals surface area contributed by atoms with E-state index in [9.17, 15) is 8.42 Å². The Balaban J connectivity index is 2.03. The fraction of sp³-hybridized carbons (Fsp3) is 0.600. The van der Waals surface area contributed by atoms with Crippen LogP contribution in [0.5, 0.6) is 0 Å². The first-order chi connectivity index (χ1) is 9.09. The van der Waals surface area contributed by atoms with E-state index >= 15 is 0 Å². The van der Waals surface area contributed by atoms with Crippen LogP contribution in [0.15, 0.2) is 35.2 Å². The predicted octanol–water partition coefficient (Wildman–Crippen LogP) is 3.32. The number of benzene rings is 1. The van der Waals surface area contributed by atoms with E-state index in [2.05, 4.69) is 4.72 Å². The molecular formula is C15H23NO2S. The van der Waals surface area contributed by atoms with Crippen molar-refractivity contribution in [3.63, 3.8) is 0 Å². The summed E-state index contributed by atoms with van der Waals surface area (Å²) < 4.78 is 27.4. The monoisotopic (exact) mass is 281 g/mol. The number of sulfonamides is 1. The van der Waals surface area contributed by atoms with Gasteiger partial charge in [-0.1, -0.05) is 43.9 Å². The summed E-state index contributed by atoms with van der Waals surface area (Å²) in [5.41, 5.74) is 0. The lowest BCUT2D eigenvalue weighted by Gasteiger charge is -2.23. The molecule has 0 aromatic heterocycles. The second-order valence-electron chi connectivity index (χ2n) is 5.47. The number of rotatable bonds is 4. The molecule has 0 amide bonds. The summed E-state index contributed by atoms with van der Waals surface area (Å²) in [6.07, 6.45) is 7.30. The van der Waals surface area contributed by atoms with Crippen LogP contribution < -0.4 is 4.72 Å². The Morgan fingerprint density at radius 1 is 1.05 bits per heavy atom. The van der Waals surface area contributed by atoms with Crippen molar-refractivity contribution in [2.45, 2.75) is 56.4 Å². The average molecular weight is 281 g/mol. The molecule has 4 heteroatoms. The fourth-order valence-electron chi connectivity index (χ4n) is 2.82. The van der Waals surface area contributed by atoms with Crippen molar-refractivity contribution in [3.05, 3.63) is 30.3 Å². The third-order valence-electron chi connectivity index (χ3n) is 4.00. The van der Waals surface area contributed by atoms with Crippen LogP contribution in [0.3, 0.4) is 0 Å². The fourth-order valence-corrected chi connectivity index (χ4v) is 4.15. The molecule has 1 aromatic rings. The molecule has 0 radical (unpaired) electrons. The maximum atomic E-state index is 12.3. The third-order valence-corrected chi connectivity index (χ3v) is 5.58. The smallest absolute Gasteiger partial charge is 0.208 e. The predicted molar refractivity (Wildman–Crippen MR) is 77.4 cm³/mol. The largest absolute Gasteiger partial charge is 0.240 e. The van der Waals surface area contributed by atoms with E-state index in [4.69, 9.17) is 0 Å². The van der Waals surface area contributed by atoms with Crippen molar-refractivity contribution in [2.75, 3.05) is 0 Å². The van der Waals surface area contributed by atoms with E-state index in [1.165, 1.54) is 25.7 Å². The van der Waals surface area contributed by atoms with Crippen molar-refractivity contribution >= 4 is 10.0 Å². The molecule has 1 saturated carbocycles. The molecule has 106 valence electrons. The molecule has 1 fully saturated rings. The van der Waals surface area contributed by atoms with Gasteiger partial charge in [0, 0.05) is 6.04 Å². The molecular weight excluding hydrogens is 258 g/mol. The van der Waals surface area contributed by atoms with Crippen molar-refractivity contribution < 1.29 is 8.42 Å². The van der Waals surface area contributed by atoms with E-state index in [0.29, 0.717) is 10.8 Å². The summed E-state index contributed by atoms with van der Waals surface area (Å²) in [7, 11) is -3.37. The minimum absolute atomic E-state index is 0.0170. The molecule has 0 heterocycles. The molecule has 1 N–H and O–H groups in total. The van der Waals surface area contributed by atoms with Crippen LogP contribution in [0.1, 0.15) is 45.4 Å². The lowest BCUT2D eigenvalue weighted by molar-refractivity contribution is 0.370. The van der Waals surface area contributed by atoms with E-state index in [0.717, 1.165) is 12.8 Å². The average Bonchev–Trinajstić information content (AvgIpc) is 2.68. The normalized spacial score (nSPS) is 19.8. The first-order valence-electron chi connectivity index (χ1n) is 7.17. The van der Waals surface area contributed by atoms with E-state index < -0.39 is 10.0 Å². The van der Waals surface area contributed by atoms with Crippen molar-refractivity contribution in [1.29, 1.82) is 0 Å². The van der Waals surface area contributed by atoms with Crippen molar-refractivity contribution in [1.82, 2.24) is 4.72 Å². The zero-order valence-corrected chi connectivity index (χ0v) is 12.3. The van der Waals surface area contributed by atoms with Gasteiger partial charge in [0.05, 0.1) is 4.90 Å². The molecule has 19 heavy (non-hydrogen) atoms. The van der Waals surface area contributed by atoms with Crippen molar-refractivity contribution in [2.24, 2.45) is 5.92 Å². The van der Waals surface area contributed by atoms with Crippen LogP contribution in [0, 0.1) is 5.92 Å². The number of hydrogen-bond donors (Lipinski definition) is 1. The molecule has 1 atom stereocenters. The van der Waals surface area contributed by atoms with Gasteiger partial charge in [-0.3, -0.25) is 0 Å². The Morgan fingerprint density at radius 3 is 2.21 bits per heavy atom. The lowest BCUT2D eigenvalue weighted by Crippen LogP contribution is -2.37. The van der Waals surface area contributed by atoms with Gasteiger partial charge >= 0.3 is 0 Å². The molecule has 1 aliphatic rings. The van der Waals surface area contributed by atoms with Gasteiger partial charge in [0.1, 0.15) is 0 Å².